The lowest BCUT2D eigenvalue weighted by Gasteiger charge is -2.27. The third kappa shape index (κ3) is 2.82. The van der Waals surface area contributed by atoms with E-state index in [1.165, 1.54) is 45.2 Å². The van der Waals surface area contributed by atoms with Crippen LogP contribution in [0.3, 0.4) is 0 Å². The molecule has 0 aromatic rings. The van der Waals surface area contributed by atoms with Gasteiger partial charge in [-0.3, -0.25) is 0 Å². The second kappa shape index (κ2) is 4.10. The monoisotopic (exact) mass is 155 g/mol. The first-order valence-corrected chi connectivity index (χ1v) is 4.97. The summed E-state index contributed by atoms with van der Waals surface area (Å²) in [6, 6.07) is 0. The number of rotatable bonds is 2. The maximum absolute atomic E-state index is 3.52. The molecule has 1 N–H and O–H groups in total. The molecule has 1 aliphatic heterocycles. The summed E-state index contributed by atoms with van der Waals surface area (Å²) in [5.41, 5.74) is 0.602. The minimum atomic E-state index is 0.602. The van der Waals surface area contributed by atoms with Crippen LogP contribution < -0.4 is 5.32 Å². The van der Waals surface area contributed by atoms with Crippen LogP contribution >= 0.6 is 0 Å². The van der Waals surface area contributed by atoms with Gasteiger partial charge < -0.3 is 5.32 Å². The average molecular weight is 155 g/mol. The van der Waals surface area contributed by atoms with Crippen LogP contribution in [0.2, 0.25) is 0 Å². The molecule has 0 aromatic heterocycles. The summed E-state index contributed by atoms with van der Waals surface area (Å²) in [6.45, 7) is 7.19. The predicted molar refractivity (Wildman–Crippen MR) is 49.7 cm³/mol. The Morgan fingerprint density at radius 3 is 2.91 bits per heavy atom. The van der Waals surface area contributed by atoms with Gasteiger partial charge in [-0.2, -0.15) is 0 Å². The number of hydrogen-bond donors (Lipinski definition) is 1. The van der Waals surface area contributed by atoms with Gasteiger partial charge in [0, 0.05) is 6.54 Å². The molecule has 0 aromatic carbocycles. The fraction of sp³-hybridized carbons (Fsp3) is 1.00. The molecule has 0 bridgehead atoms. The molecular formula is C10H21N. The van der Waals surface area contributed by atoms with Crippen LogP contribution in [0.4, 0.5) is 0 Å². The Kier molecular flexibility index (Phi) is 3.38. The lowest BCUT2D eigenvalue weighted by molar-refractivity contribution is 0.270. The van der Waals surface area contributed by atoms with Gasteiger partial charge in [-0.15, -0.1) is 0 Å². The van der Waals surface area contributed by atoms with Crippen molar-refractivity contribution in [3.8, 4) is 0 Å². The van der Waals surface area contributed by atoms with Crippen molar-refractivity contribution in [2.45, 2.75) is 46.0 Å². The molecule has 0 unspecified atom stereocenters. The largest absolute Gasteiger partial charge is 0.316 e. The highest BCUT2D eigenvalue weighted by atomic mass is 14.9. The van der Waals surface area contributed by atoms with Gasteiger partial charge in [0.25, 0.3) is 0 Å². The molecular weight excluding hydrogens is 134 g/mol. The molecule has 0 saturated carbocycles. The van der Waals surface area contributed by atoms with E-state index in [1.807, 2.05) is 0 Å². The van der Waals surface area contributed by atoms with Crippen molar-refractivity contribution in [3.05, 3.63) is 0 Å². The molecule has 0 aliphatic carbocycles. The smallest absolute Gasteiger partial charge is 0.000516 e. The third-order valence-corrected chi connectivity index (χ3v) is 2.79. The van der Waals surface area contributed by atoms with E-state index in [0.29, 0.717) is 5.41 Å². The molecule has 1 fully saturated rings. The normalized spacial score (nSPS) is 33.3. The van der Waals surface area contributed by atoms with E-state index in [4.69, 9.17) is 0 Å². The second-order valence-corrected chi connectivity index (χ2v) is 4.19. The van der Waals surface area contributed by atoms with Crippen molar-refractivity contribution in [2.24, 2.45) is 5.41 Å². The topological polar surface area (TPSA) is 12.0 Å². The molecule has 0 spiro atoms. The highest BCUT2D eigenvalue weighted by Gasteiger charge is 2.23. The summed E-state index contributed by atoms with van der Waals surface area (Å²) in [6.07, 6.45) is 6.94. The van der Waals surface area contributed by atoms with E-state index in [0.717, 1.165) is 0 Å². The van der Waals surface area contributed by atoms with Crippen LogP contribution in [-0.2, 0) is 0 Å². The Hall–Kier alpha value is -0.0400. The van der Waals surface area contributed by atoms with Crippen molar-refractivity contribution in [1.29, 1.82) is 0 Å². The highest BCUT2D eigenvalue weighted by Crippen LogP contribution is 2.30. The van der Waals surface area contributed by atoms with Crippen molar-refractivity contribution in [1.82, 2.24) is 5.32 Å². The lowest BCUT2D eigenvalue weighted by atomic mass is 9.81. The van der Waals surface area contributed by atoms with E-state index in [1.54, 1.807) is 0 Å². The van der Waals surface area contributed by atoms with E-state index in [-0.39, 0.29) is 0 Å². The number of nitrogens with one attached hydrogen (secondary N) is 1. The maximum atomic E-state index is 3.52. The molecule has 1 heteroatoms. The zero-order chi connectivity index (χ0) is 8.16. The van der Waals surface area contributed by atoms with Gasteiger partial charge in [0.15, 0.2) is 0 Å². The van der Waals surface area contributed by atoms with Gasteiger partial charge in [0.2, 0.25) is 0 Å². The van der Waals surface area contributed by atoms with Crippen LogP contribution in [-0.4, -0.2) is 13.1 Å². The van der Waals surface area contributed by atoms with Crippen molar-refractivity contribution in [3.63, 3.8) is 0 Å². The van der Waals surface area contributed by atoms with Crippen molar-refractivity contribution >= 4 is 0 Å². The second-order valence-electron chi connectivity index (χ2n) is 4.19. The quantitative estimate of drug-likeness (QED) is 0.646. The van der Waals surface area contributed by atoms with E-state index >= 15 is 0 Å². The third-order valence-electron chi connectivity index (χ3n) is 2.79. The highest BCUT2D eigenvalue weighted by molar-refractivity contribution is 4.78. The SMILES string of the molecule is CCC[C@]1(C)CCCCNC1. The summed E-state index contributed by atoms with van der Waals surface area (Å²) >= 11 is 0. The predicted octanol–water partition coefficient (Wildman–Crippen LogP) is 2.57. The minimum Gasteiger partial charge on any atom is -0.316 e. The van der Waals surface area contributed by atoms with Crippen LogP contribution in [0.15, 0.2) is 0 Å². The molecule has 1 nitrogen and oxygen atoms in total. The van der Waals surface area contributed by atoms with Crippen LogP contribution in [0, 0.1) is 5.41 Å². The first kappa shape index (κ1) is 9.05. The van der Waals surface area contributed by atoms with Crippen LogP contribution in [0.25, 0.3) is 0 Å². The Balaban J connectivity index is 2.38. The number of hydrogen-bond acceptors (Lipinski definition) is 1. The average Bonchev–Trinajstić information content (AvgIpc) is 2.15. The Bertz CT molecular complexity index is 101. The Labute approximate surface area is 70.6 Å². The Morgan fingerprint density at radius 1 is 1.36 bits per heavy atom. The van der Waals surface area contributed by atoms with Gasteiger partial charge in [0.1, 0.15) is 0 Å². The zero-order valence-electron chi connectivity index (χ0n) is 7.95. The van der Waals surface area contributed by atoms with E-state index in [9.17, 15) is 0 Å². The Morgan fingerprint density at radius 2 is 2.18 bits per heavy atom. The first-order valence-electron chi connectivity index (χ1n) is 4.97. The fourth-order valence-electron chi connectivity index (χ4n) is 2.10. The molecule has 1 heterocycles. The van der Waals surface area contributed by atoms with Crippen LogP contribution in [0.1, 0.15) is 46.0 Å². The molecule has 1 rings (SSSR count). The maximum Gasteiger partial charge on any atom is 0.000516 e. The van der Waals surface area contributed by atoms with Gasteiger partial charge in [0.05, 0.1) is 0 Å². The van der Waals surface area contributed by atoms with E-state index in [2.05, 4.69) is 19.2 Å². The molecule has 1 aliphatic rings. The molecule has 0 amide bonds. The lowest BCUT2D eigenvalue weighted by Crippen LogP contribution is -2.29. The van der Waals surface area contributed by atoms with Crippen molar-refractivity contribution in [2.75, 3.05) is 13.1 Å². The van der Waals surface area contributed by atoms with Gasteiger partial charge in [-0.1, -0.05) is 26.7 Å². The molecule has 11 heavy (non-hydrogen) atoms. The molecule has 1 saturated heterocycles. The van der Waals surface area contributed by atoms with Gasteiger partial charge in [-0.05, 0) is 31.2 Å². The van der Waals surface area contributed by atoms with Gasteiger partial charge in [-0.25, -0.2) is 0 Å². The van der Waals surface area contributed by atoms with Gasteiger partial charge >= 0.3 is 0 Å². The molecule has 0 radical (unpaired) electrons. The minimum absolute atomic E-state index is 0.602. The molecule has 1 atom stereocenters. The zero-order valence-corrected chi connectivity index (χ0v) is 7.95. The van der Waals surface area contributed by atoms with Crippen molar-refractivity contribution < 1.29 is 0 Å². The summed E-state index contributed by atoms with van der Waals surface area (Å²) < 4.78 is 0. The first-order chi connectivity index (χ1) is 5.27. The van der Waals surface area contributed by atoms with E-state index < -0.39 is 0 Å². The standard InChI is InChI=1S/C10H21N/c1-3-6-10(2)7-4-5-8-11-9-10/h11H,3-9H2,1-2H3/t10-/m1/s1. The fourth-order valence-corrected chi connectivity index (χ4v) is 2.10. The summed E-state index contributed by atoms with van der Waals surface area (Å²) in [4.78, 5) is 0. The van der Waals surface area contributed by atoms with Crippen LogP contribution in [0.5, 0.6) is 0 Å². The summed E-state index contributed by atoms with van der Waals surface area (Å²) in [5, 5.41) is 3.52. The molecule has 66 valence electrons. The summed E-state index contributed by atoms with van der Waals surface area (Å²) in [5.74, 6) is 0. The summed E-state index contributed by atoms with van der Waals surface area (Å²) in [7, 11) is 0.